The van der Waals surface area contributed by atoms with Crippen molar-refractivity contribution in [3.63, 3.8) is 0 Å². The maximum atomic E-state index is 12.7. The molecular formula is C21H38O4. The average molecular weight is 355 g/mol. The van der Waals surface area contributed by atoms with E-state index < -0.39 is 17.7 Å². The van der Waals surface area contributed by atoms with E-state index in [-0.39, 0.29) is 6.10 Å². The van der Waals surface area contributed by atoms with Crippen LogP contribution in [0.25, 0.3) is 0 Å². The van der Waals surface area contributed by atoms with Crippen LogP contribution in [-0.2, 0) is 14.3 Å². The van der Waals surface area contributed by atoms with Gasteiger partial charge in [-0.2, -0.15) is 0 Å². The van der Waals surface area contributed by atoms with Gasteiger partial charge in [0.1, 0.15) is 6.10 Å². The van der Waals surface area contributed by atoms with Crippen LogP contribution >= 0.6 is 0 Å². The minimum atomic E-state index is -1.27. The van der Waals surface area contributed by atoms with E-state index in [0.717, 1.165) is 25.7 Å². The van der Waals surface area contributed by atoms with Gasteiger partial charge in [0.25, 0.3) is 0 Å². The van der Waals surface area contributed by atoms with Crippen LogP contribution in [-0.4, -0.2) is 35.5 Å². The summed E-state index contributed by atoms with van der Waals surface area (Å²) in [5.41, 5.74) is -1.27. The summed E-state index contributed by atoms with van der Waals surface area (Å²) in [5.74, 6) is 0.975. The monoisotopic (exact) mass is 354 g/mol. The first-order valence-electron chi connectivity index (χ1n) is 9.86. The predicted octanol–water partition coefficient (Wildman–Crippen LogP) is 4.50. The largest absolute Gasteiger partial charge is 0.460 e. The molecule has 1 N–H and O–H groups in total. The van der Waals surface area contributed by atoms with Gasteiger partial charge >= 0.3 is 5.97 Å². The van der Waals surface area contributed by atoms with Gasteiger partial charge in [-0.15, -0.1) is 0 Å². The van der Waals surface area contributed by atoms with E-state index in [1.54, 1.807) is 13.8 Å². The van der Waals surface area contributed by atoms with Gasteiger partial charge in [-0.25, -0.2) is 4.79 Å². The molecule has 1 saturated carbocycles. The van der Waals surface area contributed by atoms with E-state index in [4.69, 9.17) is 9.47 Å². The number of esters is 1. The summed E-state index contributed by atoms with van der Waals surface area (Å²) in [6.07, 6.45) is 8.10. The van der Waals surface area contributed by atoms with Gasteiger partial charge in [0.15, 0.2) is 6.10 Å². The van der Waals surface area contributed by atoms with Gasteiger partial charge < -0.3 is 14.6 Å². The zero-order chi connectivity index (χ0) is 19.0. The SMILES string of the molecule is CCC/C=C/COC(C(=O)O[C@@H]1C[C@H](C)CC[C@H]1C(C)C)C(C)(C)O. The number of hydrogen-bond acceptors (Lipinski definition) is 4. The Morgan fingerprint density at radius 3 is 2.52 bits per heavy atom. The highest BCUT2D eigenvalue weighted by Gasteiger charge is 2.40. The van der Waals surface area contributed by atoms with Gasteiger partial charge in [-0.05, 0) is 50.9 Å². The number of rotatable bonds is 9. The van der Waals surface area contributed by atoms with E-state index >= 15 is 0 Å². The fraction of sp³-hybridized carbons (Fsp3) is 0.857. The summed E-state index contributed by atoms with van der Waals surface area (Å²) in [5, 5.41) is 10.4. The lowest BCUT2D eigenvalue weighted by atomic mass is 9.75. The lowest BCUT2D eigenvalue weighted by Crippen LogP contribution is -2.48. The molecule has 0 aliphatic heterocycles. The fourth-order valence-corrected chi connectivity index (χ4v) is 3.53. The van der Waals surface area contributed by atoms with Crippen LogP contribution < -0.4 is 0 Å². The molecule has 0 spiro atoms. The van der Waals surface area contributed by atoms with E-state index in [1.165, 1.54) is 6.42 Å². The summed E-state index contributed by atoms with van der Waals surface area (Å²) in [6, 6.07) is 0. The molecule has 0 aromatic heterocycles. The molecule has 1 fully saturated rings. The number of hydrogen-bond donors (Lipinski definition) is 1. The van der Waals surface area contributed by atoms with Crippen LogP contribution in [0.2, 0.25) is 0 Å². The minimum Gasteiger partial charge on any atom is -0.460 e. The summed E-state index contributed by atoms with van der Waals surface area (Å²) in [6.45, 7) is 12.2. The van der Waals surface area contributed by atoms with Crippen LogP contribution in [0.4, 0.5) is 0 Å². The average Bonchev–Trinajstić information content (AvgIpc) is 2.49. The van der Waals surface area contributed by atoms with Crippen molar-refractivity contribution in [3.8, 4) is 0 Å². The molecule has 0 bridgehead atoms. The Labute approximate surface area is 154 Å². The molecule has 146 valence electrons. The number of ether oxygens (including phenoxy) is 2. The molecule has 0 aromatic rings. The lowest BCUT2D eigenvalue weighted by Gasteiger charge is -2.38. The van der Waals surface area contributed by atoms with Crippen molar-refractivity contribution < 1.29 is 19.4 Å². The van der Waals surface area contributed by atoms with Crippen molar-refractivity contribution in [1.29, 1.82) is 0 Å². The van der Waals surface area contributed by atoms with Crippen LogP contribution in [0, 0.1) is 17.8 Å². The molecule has 25 heavy (non-hydrogen) atoms. The molecule has 1 aliphatic carbocycles. The molecule has 4 atom stereocenters. The Balaban J connectivity index is 2.72. The highest BCUT2D eigenvalue weighted by molar-refractivity contribution is 5.76. The third-order valence-corrected chi connectivity index (χ3v) is 5.07. The zero-order valence-electron chi connectivity index (χ0n) is 17.0. The Morgan fingerprint density at radius 2 is 1.96 bits per heavy atom. The first-order valence-corrected chi connectivity index (χ1v) is 9.86. The molecule has 0 amide bonds. The molecule has 0 heterocycles. The van der Waals surface area contributed by atoms with Crippen LogP contribution in [0.3, 0.4) is 0 Å². The van der Waals surface area contributed by atoms with Gasteiger partial charge in [0.2, 0.25) is 0 Å². The Kier molecular flexibility index (Phi) is 9.15. The van der Waals surface area contributed by atoms with Crippen molar-refractivity contribution in [2.24, 2.45) is 17.8 Å². The maximum absolute atomic E-state index is 12.7. The van der Waals surface area contributed by atoms with Crippen LogP contribution in [0.5, 0.6) is 0 Å². The highest BCUT2D eigenvalue weighted by Crippen LogP contribution is 2.35. The number of carbonyl (C=O) groups is 1. The standard InChI is InChI=1S/C21H38O4/c1-7-8-9-10-13-24-19(21(5,6)23)20(22)25-18-14-16(4)11-12-17(18)15(2)3/h9-10,15-19,23H,7-8,11-14H2,1-6H3/b10-9+/t16-,17+,18-,19?/m1/s1. The van der Waals surface area contributed by atoms with Gasteiger partial charge in [0, 0.05) is 0 Å². The van der Waals surface area contributed by atoms with E-state index in [9.17, 15) is 9.90 Å². The molecule has 0 radical (unpaired) electrons. The van der Waals surface area contributed by atoms with E-state index in [1.807, 2.05) is 12.2 Å². The normalized spacial score (nSPS) is 26.2. The smallest absolute Gasteiger partial charge is 0.338 e. The van der Waals surface area contributed by atoms with Crippen molar-refractivity contribution in [3.05, 3.63) is 12.2 Å². The molecule has 1 unspecified atom stereocenters. The first-order chi connectivity index (χ1) is 11.7. The summed E-state index contributed by atoms with van der Waals surface area (Å²) >= 11 is 0. The highest BCUT2D eigenvalue weighted by atomic mass is 16.6. The van der Waals surface area contributed by atoms with Gasteiger partial charge in [-0.1, -0.05) is 52.7 Å². The molecule has 1 rings (SSSR count). The Hall–Kier alpha value is -0.870. The van der Waals surface area contributed by atoms with Crippen molar-refractivity contribution >= 4 is 5.97 Å². The van der Waals surface area contributed by atoms with E-state index in [2.05, 4.69) is 27.7 Å². The Bertz CT molecular complexity index is 422. The fourth-order valence-electron chi connectivity index (χ4n) is 3.53. The van der Waals surface area contributed by atoms with Gasteiger partial charge in [-0.3, -0.25) is 0 Å². The number of unbranched alkanes of at least 4 members (excludes halogenated alkanes) is 1. The quantitative estimate of drug-likeness (QED) is 0.489. The summed E-state index contributed by atoms with van der Waals surface area (Å²) in [7, 11) is 0. The molecule has 0 aromatic carbocycles. The second kappa shape index (κ2) is 10.3. The second-order valence-electron chi connectivity index (χ2n) is 8.43. The molecule has 4 nitrogen and oxygen atoms in total. The van der Waals surface area contributed by atoms with Crippen molar-refractivity contribution in [2.75, 3.05) is 6.61 Å². The summed E-state index contributed by atoms with van der Waals surface area (Å²) in [4.78, 5) is 12.7. The Morgan fingerprint density at radius 1 is 1.28 bits per heavy atom. The molecule has 4 heteroatoms. The molecule has 1 aliphatic rings. The minimum absolute atomic E-state index is 0.0830. The topological polar surface area (TPSA) is 55.8 Å². The lowest BCUT2D eigenvalue weighted by molar-refractivity contribution is -0.183. The zero-order valence-corrected chi connectivity index (χ0v) is 17.0. The van der Waals surface area contributed by atoms with Crippen molar-refractivity contribution in [2.45, 2.75) is 91.5 Å². The summed E-state index contributed by atoms with van der Waals surface area (Å²) < 4.78 is 11.5. The van der Waals surface area contributed by atoms with E-state index in [0.29, 0.717) is 24.4 Å². The third-order valence-electron chi connectivity index (χ3n) is 5.07. The molecule has 0 saturated heterocycles. The van der Waals surface area contributed by atoms with Crippen LogP contribution in [0.15, 0.2) is 12.2 Å². The molecular weight excluding hydrogens is 316 g/mol. The van der Waals surface area contributed by atoms with Crippen LogP contribution in [0.1, 0.15) is 73.6 Å². The number of allylic oxidation sites excluding steroid dienone is 1. The first kappa shape index (κ1) is 22.2. The predicted molar refractivity (Wildman–Crippen MR) is 101 cm³/mol. The number of aliphatic hydroxyl groups is 1. The third kappa shape index (κ3) is 7.49. The number of carbonyl (C=O) groups excluding carboxylic acids is 1. The van der Waals surface area contributed by atoms with Gasteiger partial charge in [0.05, 0.1) is 12.2 Å². The second-order valence-corrected chi connectivity index (χ2v) is 8.43. The van der Waals surface area contributed by atoms with Crippen molar-refractivity contribution in [1.82, 2.24) is 0 Å². The maximum Gasteiger partial charge on any atom is 0.338 e.